The Kier molecular flexibility index (Phi) is 5.10. The van der Waals surface area contributed by atoms with Gasteiger partial charge in [0.15, 0.2) is 0 Å². The second-order valence-corrected chi connectivity index (χ2v) is 5.09. The molecular formula is C15H26N2. The van der Waals surface area contributed by atoms with Crippen molar-refractivity contribution in [2.75, 3.05) is 0 Å². The number of aromatic nitrogens is 2. The molecule has 1 rings (SSSR count). The summed E-state index contributed by atoms with van der Waals surface area (Å²) in [6, 6.07) is 2.08. The molecule has 0 bridgehead atoms. The average molecular weight is 234 g/mol. The maximum absolute atomic E-state index is 4.82. The van der Waals surface area contributed by atoms with Gasteiger partial charge in [-0.25, -0.2) is 9.97 Å². The fourth-order valence-corrected chi connectivity index (χ4v) is 2.16. The topological polar surface area (TPSA) is 25.8 Å². The predicted octanol–water partition coefficient (Wildman–Crippen LogP) is 4.46. The lowest BCUT2D eigenvalue weighted by Gasteiger charge is -2.25. The van der Waals surface area contributed by atoms with E-state index in [1.54, 1.807) is 0 Å². The molecule has 0 saturated carbocycles. The fraction of sp³-hybridized carbons (Fsp3) is 0.733. The molecule has 0 saturated heterocycles. The zero-order valence-electron chi connectivity index (χ0n) is 12.0. The summed E-state index contributed by atoms with van der Waals surface area (Å²) in [4.78, 5) is 9.31. The quantitative estimate of drug-likeness (QED) is 0.726. The predicted molar refractivity (Wildman–Crippen MR) is 73.3 cm³/mol. The summed E-state index contributed by atoms with van der Waals surface area (Å²) in [6.07, 6.45) is 6.43. The first kappa shape index (κ1) is 14.1. The minimum absolute atomic E-state index is 0.127. The van der Waals surface area contributed by atoms with E-state index in [4.69, 9.17) is 4.98 Å². The van der Waals surface area contributed by atoms with Gasteiger partial charge in [-0.2, -0.15) is 0 Å². The molecule has 1 heterocycles. The molecule has 0 aliphatic carbocycles. The van der Waals surface area contributed by atoms with Gasteiger partial charge in [0.2, 0.25) is 0 Å². The molecule has 96 valence electrons. The largest absolute Gasteiger partial charge is 0.241 e. The van der Waals surface area contributed by atoms with Gasteiger partial charge < -0.3 is 0 Å². The molecule has 0 aromatic carbocycles. The zero-order chi connectivity index (χ0) is 12.9. The Morgan fingerprint density at radius 1 is 1.12 bits per heavy atom. The summed E-state index contributed by atoms with van der Waals surface area (Å²) in [5, 5.41) is 0. The van der Waals surface area contributed by atoms with Crippen molar-refractivity contribution in [3.8, 4) is 0 Å². The van der Waals surface area contributed by atoms with Crippen LogP contribution in [0.1, 0.15) is 77.7 Å². The SMILES string of the molecule is CCC(CC)c1ccnc(C(C)(CC)CC)n1. The van der Waals surface area contributed by atoms with Crippen molar-refractivity contribution in [2.24, 2.45) is 0 Å². The van der Waals surface area contributed by atoms with E-state index in [1.165, 1.54) is 5.69 Å². The van der Waals surface area contributed by atoms with Gasteiger partial charge in [-0.1, -0.05) is 34.6 Å². The van der Waals surface area contributed by atoms with E-state index in [1.807, 2.05) is 6.20 Å². The Hall–Kier alpha value is -0.920. The van der Waals surface area contributed by atoms with Crippen LogP contribution in [-0.4, -0.2) is 9.97 Å². The molecule has 0 radical (unpaired) electrons. The molecule has 17 heavy (non-hydrogen) atoms. The maximum Gasteiger partial charge on any atom is 0.134 e. The van der Waals surface area contributed by atoms with Crippen LogP contribution in [0.4, 0.5) is 0 Å². The van der Waals surface area contributed by atoms with E-state index in [-0.39, 0.29) is 5.41 Å². The second-order valence-electron chi connectivity index (χ2n) is 5.09. The van der Waals surface area contributed by atoms with Crippen molar-refractivity contribution >= 4 is 0 Å². The van der Waals surface area contributed by atoms with Gasteiger partial charge in [0, 0.05) is 23.2 Å². The van der Waals surface area contributed by atoms with Gasteiger partial charge in [0.05, 0.1) is 0 Å². The highest BCUT2D eigenvalue weighted by Gasteiger charge is 2.26. The highest BCUT2D eigenvalue weighted by atomic mass is 14.9. The van der Waals surface area contributed by atoms with E-state index < -0.39 is 0 Å². The lowest BCUT2D eigenvalue weighted by atomic mass is 9.83. The maximum atomic E-state index is 4.82. The highest BCUT2D eigenvalue weighted by molar-refractivity contribution is 5.13. The van der Waals surface area contributed by atoms with Crippen LogP contribution in [0.15, 0.2) is 12.3 Å². The van der Waals surface area contributed by atoms with Gasteiger partial charge in [-0.05, 0) is 31.7 Å². The normalized spacial score (nSPS) is 12.1. The van der Waals surface area contributed by atoms with E-state index in [0.29, 0.717) is 5.92 Å². The molecular weight excluding hydrogens is 208 g/mol. The van der Waals surface area contributed by atoms with Crippen LogP contribution < -0.4 is 0 Å². The molecule has 2 nitrogen and oxygen atoms in total. The van der Waals surface area contributed by atoms with Crippen LogP contribution in [0.2, 0.25) is 0 Å². The van der Waals surface area contributed by atoms with E-state index in [9.17, 15) is 0 Å². The van der Waals surface area contributed by atoms with Crippen molar-refractivity contribution in [3.63, 3.8) is 0 Å². The molecule has 1 aromatic rings. The van der Waals surface area contributed by atoms with Crippen molar-refractivity contribution in [1.29, 1.82) is 0 Å². The Labute approximate surface area is 106 Å². The third-order valence-corrected chi connectivity index (χ3v) is 4.18. The molecule has 0 aliphatic heterocycles. The molecule has 0 N–H and O–H groups in total. The summed E-state index contributed by atoms with van der Waals surface area (Å²) in [6.45, 7) is 11.2. The summed E-state index contributed by atoms with van der Waals surface area (Å²) < 4.78 is 0. The van der Waals surface area contributed by atoms with E-state index >= 15 is 0 Å². The van der Waals surface area contributed by atoms with Gasteiger partial charge in [0.25, 0.3) is 0 Å². The van der Waals surface area contributed by atoms with Crippen molar-refractivity contribution in [1.82, 2.24) is 9.97 Å². The first-order valence-electron chi connectivity index (χ1n) is 6.94. The molecule has 0 amide bonds. The summed E-state index contributed by atoms with van der Waals surface area (Å²) in [5.41, 5.74) is 1.34. The van der Waals surface area contributed by atoms with Crippen molar-refractivity contribution in [2.45, 2.75) is 71.6 Å². The summed E-state index contributed by atoms with van der Waals surface area (Å²) in [7, 11) is 0. The fourth-order valence-electron chi connectivity index (χ4n) is 2.16. The van der Waals surface area contributed by atoms with Crippen LogP contribution in [0, 0.1) is 0 Å². The molecule has 0 aliphatic rings. The number of hydrogen-bond donors (Lipinski definition) is 0. The minimum atomic E-state index is 0.127. The van der Waals surface area contributed by atoms with Crippen LogP contribution in [-0.2, 0) is 5.41 Å². The molecule has 0 atom stereocenters. The van der Waals surface area contributed by atoms with Gasteiger partial charge in [-0.3, -0.25) is 0 Å². The van der Waals surface area contributed by atoms with Crippen LogP contribution >= 0.6 is 0 Å². The summed E-state index contributed by atoms with van der Waals surface area (Å²) >= 11 is 0. The minimum Gasteiger partial charge on any atom is -0.241 e. The molecule has 2 heteroatoms. The van der Waals surface area contributed by atoms with E-state index in [2.05, 4.69) is 45.7 Å². The van der Waals surface area contributed by atoms with Crippen LogP contribution in [0.25, 0.3) is 0 Å². The molecule has 0 unspecified atom stereocenters. The highest BCUT2D eigenvalue weighted by Crippen LogP contribution is 2.29. The first-order chi connectivity index (χ1) is 8.11. The van der Waals surface area contributed by atoms with Crippen molar-refractivity contribution < 1.29 is 0 Å². The van der Waals surface area contributed by atoms with Crippen molar-refractivity contribution in [3.05, 3.63) is 23.8 Å². The summed E-state index contributed by atoms with van der Waals surface area (Å²) in [5.74, 6) is 1.60. The van der Waals surface area contributed by atoms with Crippen LogP contribution in [0.5, 0.6) is 0 Å². The molecule has 0 fully saturated rings. The average Bonchev–Trinajstić information content (AvgIpc) is 2.39. The lowest BCUT2D eigenvalue weighted by Crippen LogP contribution is -2.23. The standard InChI is InChI=1S/C15H26N2/c1-6-12(7-2)13-10-11-16-14(17-13)15(5,8-3)9-4/h10-12H,6-9H2,1-5H3. The second kappa shape index (κ2) is 6.13. The van der Waals surface area contributed by atoms with Gasteiger partial charge in [0.1, 0.15) is 5.82 Å². The van der Waals surface area contributed by atoms with Gasteiger partial charge >= 0.3 is 0 Å². The Balaban J connectivity index is 3.08. The third-order valence-electron chi connectivity index (χ3n) is 4.18. The number of rotatable bonds is 6. The zero-order valence-corrected chi connectivity index (χ0v) is 12.0. The first-order valence-corrected chi connectivity index (χ1v) is 6.94. The smallest absolute Gasteiger partial charge is 0.134 e. The third kappa shape index (κ3) is 3.05. The number of hydrogen-bond acceptors (Lipinski definition) is 2. The molecule has 1 aromatic heterocycles. The number of nitrogens with zero attached hydrogens (tertiary/aromatic N) is 2. The van der Waals surface area contributed by atoms with E-state index in [0.717, 1.165) is 31.5 Å². The van der Waals surface area contributed by atoms with Crippen LogP contribution in [0.3, 0.4) is 0 Å². The Morgan fingerprint density at radius 3 is 2.18 bits per heavy atom. The Bertz CT molecular complexity index is 339. The molecule has 0 spiro atoms. The lowest BCUT2D eigenvalue weighted by molar-refractivity contribution is 0.408. The van der Waals surface area contributed by atoms with Gasteiger partial charge in [-0.15, -0.1) is 0 Å². The Morgan fingerprint density at radius 2 is 1.71 bits per heavy atom. The monoisotopic (exact) mass is 234 g/mol.